The molecular weight excluding hydrogens is 326 g/mol. The van der Waals surface area contributed by atoms with Crippen LogP contribution in [0.25, 0.3) is 0 Å². The number of nitrogens with zero attached hydrogens (tertiary/aromatic N) is 2. The Balaban J connectivity index is 1.97. The number of hydrogen-bond acceptors (Lipinski definition) is 4. The second kappa shape index (κ2) is 5.57. The summed E-state index contributed by atoms with van der Waals surface area (Å²) in [6.45, 7) is 0.440. The van der Waals surface area contributed by atoms with Gasteiger partial charge in [-0.15, -0.1) is 10.2 Å². The Morgan fingerprint density at radius 1 is 1.47 bits per heavy atom. The van der Waals surface area contributed by atoms with Gasteiger partial charge in [-0.25, -0.2) is 0 Å². The van der Waals surface area contributed by atoms with Crippen LogP contribution < -0.4 is 5.32 Å². The Morgan fingerprint density at radius 3 is 2.94 bits per heavy atom. The van der Waals surface area contributed by atoms with E-state index in [-0.39, 0.29) is 15.4 Å². The van der Waals surface area contributed by atoms with Gasteiger partial charge < -0.3 is 5.32 Å². The van der Waals surface area contributed by atoms with E-state index >= 15 is 0 Å². The third-order valence-corrected chi connectivity index (χ3v) is 3.45. The van der Waals surface area contributed by atoms with Gasteiger partial charge in [-0.05, 0) is 29.3 Å². The van der Waals surface area contributed by atoms with E-state index in [1.54, 1.807) is 0 Å². The van der Waals surface area contributed by atoms with Crippen LogP contribution >= 0.6 is 38.9 Å². The van der Waals surface area contributed by atoms with Crippen molar-refractivity contribution in [2.75, 3.05) is 0 Å². The molecule has 7 heteroatoms. The largest absolute Gasteiger partial charge is 0.346 e. The maximum Gasteiger partial charge on any atom is 0.282 e. The number of amides is 1. The van der Waals surface area contributed by atoms with Gasteiger partial charge in [-0.2, -0.15) is 0 Å². The lowest BCUT2D eigenvalue weighted by molar-refractivity contribution is 0.0950. The van der Waals surface area contributed by atoms with Crippen LogP contribution in [-0.4, -0.2) is 16.1 Å². The summed E-state index contributed by atoms with van der Waals surface area (Å²) in [5.41, 5.74) is 1.00. The number of nitrogens with one attached hydrogen (secondary N) is 1. The van der Waals surface area contributed by atoms with Crippen LogP contribution in [-0.2, 0) is 6.54 Å². The van der Waals surface area contributed by atoms with Crippen LogP contribution in [0.2, 0.25) is 4.47 Å². The van der Waals surface area contributed by atoms with Crippen molar-refractivity contribution in [2.45, 2.75) is 6.54 Å². The fourth-order valence-corrected chi connectivity index (χ4v) is 2.39. The normalized spacial score (nSPS) is 10.2. The zero-order chi connectivity index (χ0) is 12.3. The van der Waals surface area contributed by atoms with Crippen molar-refractivity contribution in [3.63, 3.8) is 0 Å². The van der Waals surface area contributed by atoms with Gasteiger partial charge in [0.15, 0.2) is 0 Å². The summed E-state index contributed by atoms with van der Waals surface area (Å²) in [7, 11) is 0. The van der Waals surface area contributed by atoms with E-state index in [0.29, 0.717) is 6.54 Å². The quantitative estimate of drug-likeness (QED) is 0.940. The van der Waals surface area contributed by atoms with Crippen molar-refractivity contribution in [1.82, 2.24) is 15.5 Å². The van der Waals surface area contributed by atoms with Gasteiger partial charge in [-0.3, -0.25) is 4.79 Å². The highest BCUT2D eigenvalue weighted by molar-refractivity contribution is 9.10. The van der Waals surface area contributed by atoms with Crippen molar-refractivity contribution in [3.8, 4) is 0 Å². The fraction of sp³-hybridized carbons (Fsp3) is 0.100. The van der Waals surface area contributed by atoms with Crippen molar-refractivity contribution in [3.05, 3.63) is 43.8 Å². The Kier molecular flexibility index (Phi) is 4.09. The lowest BCUT2D eigenvalue weighted by Gasteiger charge is -2.03. The molecule has 0 atom stereocenters. The van der Waals surface area contributed by atoms with Gasteiger partial charge in [0, 0.05) is 11.0 Å². The molecule has 0 saturated carbocycles. The van der Waals surface area contributed by atoms with Gasteiger partial charge in [0.05, 0.1) is 0 Å². The minimum atomic E-state index is -0.269. The monoisotopic (exact) mass is 331 g/mol. The molecule has 4 nitrogen and oxygen atoms in total. The van der Waals surface area contributed by atoms with E-state index in [2.05, 4.69) is 31.4 Å². The third-order valence-electron chi connectivity index (χ3n) is 1.94. The average molecular weight is 333 g/mol. The summed E-state index contributed by atoms with van der Waals surface area (Å²) >= 11 is 10.0. The first-order valence-electron chi connectivity index (χ1n) is 4.67. The van der Waals surface area contributed by atoms with Gasteiger partial charge >= 0.3 is 0 Å². The maximum absolute atomic E-state index is 11.6. The minimum absolute atomic E-state index is 0.262. The Labute approximate surface area is 115 Å². The van der Waals surface area contributed by atoms with Gasteiger partial charge in [0.25, 0.3) is 5.91 Å². The first kappa shape index (κ1) is 12.5. The number of rotatable bonds is 3. The van der Waals surface area contributed by atoms with E-state index in [1.807, 2.05) is 24.3 Å². The van der Waals surface area contributed by atoms with Crippen LogP contribution in [0.3, 0.4) is 0 Å². The number of carbonyl (C=O) groups excluding carboxylic acids is 1. The highest BCUT2D eigenvalue weighted by Crippen LogP contribution is 2.15. The van der Waals surface area contributed by atoms with Crippen LogP contribution in [0.15, 0.2) is 28.7 Å². The molecule has 0 aliphatic heterocycles. The molecule has 0 aliphatic rings. The molecule has 1 heterocycles. The lowest BCUT2D eigenvalue weighted by Crippen LogP contribution is -2.22. The first-order valence-corrected chi connectivity index (χ1v) is 6.65. The highest BCUT2D eigenvalue weighted by Gasteiger charge is 2.11. The molecular formula is C10H7BrClN3OS. The topological polar surface area (TPSA) is 54.9 Å². The zero-order valence-corrected chi connectivity index (χ0v) is 11.6. The van der Waals surface area contributed by atoms with Gasteiger partial charge in [0.1, 0.15) is 0 Å². The predicted octanol–water partition coefficient (Wildman–Crippen LogP) is 2.88. The molecule has 2 aromatic rings. The lowest BCUT2D eigenvalue weighted by atomic mass is 10.2. The molecule has 2 rings (SSSR count). The number of hydrogen-bond donors (Lipinski definition) is 1. The molecule has 17 heavy (non-hydrogen) atoms. The molecule has 0 bridgehead atoms. The number of halogens is 2. The minimum Gasteiger partial charge on any atom is -0.346 e. The molecule has 0 radical (unpaired) electrons. The summed E-state index contributed by atoms with van der Waals surface area (Å²) in [4.78, 5) is 11.6. The molecule has 1 aromatic carbocycles. The van der Waals surface area contributed by atoms with Crippen molar-refractivity contribution in [1.29, 1.82) is 0 Å². The maximum atomic E-state index is 11.6. The molecule has 0 fully saturated rings. The van der Waals surface area contributed by atoms with Crippen molar-refractivity contribution >= 4 is 44.8 Å². The molecule has 1 aromatic heterocycles. The Morgan fingerprint density at radius 2 is 2.29 bits per heavy atom. The first-order chi connectivity index (χ1) is 8.15. The van der Waals surface area contributed by atoms with E-state index < -0.39 is 0 Å². The summed E-state index contributed by atoms with van der Waals surface area (Å²) < 4.78 is 1.24. The molecule has 0 saturated heterocycles. The zero-order valence-electron chi connectivity index (χ0n) is 8.48. The second-order valence-electron chi connectivity index (χ2n) is 3.17. The van der Waals surface area contributed by atoms with E-state index in [0.717, 1.165) is 21.4 Å². The summed E-state index contributed by atoms with van der Waals surface area (Å²) in [5.74, 6) is -0.269. The van der Waals surface area contributed by atoms with Gasteiger partial charge in [0.2, 0.25) is 9.47 Å². The Hall–Kier alpha value is -0.980. The van der Waals surface area contributed by atoms with Crippen molar-refractivity contribution < 1.29 is 4.79 Å². The molecule has 1 amide bonds. The van der Waals surface area contributed by atoms with Crippen LogP contribution in [0.4, 0.5) is 0 Å². The summed E-state index contributed by atoms with van der Waals surface area (Å²) in [5, 5.41) is 10.2. The number of aromatic nitrogens is 2. The van der Waals surface area contributed by atoms with E-state index in [1.165, 1.54) is 0 Å². The molecule has 1 N–H and O–H groups in total. The molecule has 88 valence electrons. The SMILES string of the molecule is O=C(NCc1cccc(Br)c1)c1nnc(Cl)s1. The highest BCUT2D eigenvalue weighted by atomic mass is 79.9. The molecule has 0 aliphatic carbocycles. The standard InChI is InChI=1S/C10H7BrClN3OS/c11-7-3-1-2-6(4-7)5-13-8(16)9-14-15-10(12)17-9/h1-4H,5H2,(H,13,16). The van der Waals surface area contributed by atoms with Gasteiger partial charge in [-0.1, -0.05) is 39.4 Å². The van der Waals surface area contributed by atoms with Crippen LogP contribution in [0.5, 0.6) is 0 Å². The average Bonchev–Trinajstić information content (AvgIpc) is 2.73. The molecule has 0 spiro atoms. The second-order valence-corrected chi connectivity index (χ2v) is 5.65. The van der Waals surface area contributed by atoms with Crippen molar-refractivity contribution in [2.24, 2.45) is 0 Å². The van der Waals surface area contributed by atoms with E-state index in [9.17, 15) is 4.79 Å². The summed E-state index contributed by atoms with van der Waals surface area (Å²) in [6.07, 6.45) is 0. The Bertz CT molecular complexity index is 546. The number of benzene rings is 1. The number of carbonyl (C=O) groups is 1. The van der Waals surface area contributed by atoms with Crippen LogP contribution in [0.1, 0.15) is 15.4 Å². The summed E-state index contributed by atoms with van der Waals surface area (Å²) in [6, 6.07) is 7.70. The van der Waals surface area contributed by atoms with E-state index in [4.69, 9.17) is 11.6 Å². The van der Waals surface area contributed by atoms with Crippen LogP contribution in [0, 0.1) is 0 Å². The predicted molar refractivity (Wildman–Crippen MR) is 70.2 cm³/mol. The smallest absolute Gasteiger partial charge is 0.282 e. The fourth-order valence-electron chi connectivity index (χ4n) is 1.20. The molecule has 0 unspecified atom stereocenters. The third kappa shape index (κ3) is 3.49.